The van der Waals surface area contributed by atoms with E-state index in [0.29, 0.717) is 16.9 Å². The summed E-state index contributed by atoms with van der Waals surface area (Å²) in [5.41, 5.74) is 0.953. The Balaban J connectivity index is 2.20. The summed E-state index contributed by atoms with van der Waals surface area (Å²) >= 11 is 11.8. The molecule has 4 heteroatoms. The van der Waals surface area contributed by atoms with E-state index in [-0.39, 0.29) is 0 Å². The molecule has 15 heavy (non-hydrogen) atoms. The van der Waals surface area contributed by atoms with Gasteiger partial charge >= 0.3 is 0 Å². The molecule has 0 amide bonds. The van der Waals surface area contributed by atoms with Gasteiger partial charge in [0.05, 0.1) is 5.02 Å². The van der Waals surface area contributed by atoms with Crippen LogP contribution in [0.1, 0.15) is 24.8 Å². The number of hydrogen-bond donors (Lipinski definition) is 0. The van der Waals surface area contributed by atoms with Crippen LogP contribution in [0.25, 0.3) is 0 Å². The number of anilines is 1. The second-order valence-corrected chi connectivity index (χ2v) is 4.64. The molecule has 1 aliphatic carbocycles. The molecule has 0 radical (unpaired) electrons. The van der Waals surface area contributed by atoms with Crippen molar-refractivity contribution in [2.75, 3.05) is 11.9 Å². The van der Waals surface area contributed by atoms with Gasteiger partial charge in [0.1, 0.15) is 5.82 Å². The average Bonchev–Trinajstić information content (AvgIpc) is 2.15. The van der Waals surface area contributed by atoms with Crippen molar-refractivity contribution in [1.82, 2.24) is 4.98 Å². The van der Waals surface area contributed by atoms with Crippen LogP contribution in [0, 0.1) is 0 Å². The van der Waals surface area contributed by atoms with Crippen LogP contribution in [0.15, 0.2) is 12.3 Å². The molecule has 0 atom stereocenters. The van der Waals surface area contributed by atoms with Gasteiger partial charge in [-0.1, -0.05) is 11.6 Å². The first-order valence-corrected chi connectivity index (χ1v) is 6.07. The van der Waals surface area contributed by atoms with Crippen LogP contribution in [-0.2, 0) is 5.88 Å². The summed E-state index contributed by atoms with van der Waals surface area (Å²) < 4.78 is 0. The van der Waals surface area contributed by atoms with Gasteiger partial charge in [-0.25, -0.2) is 4.98 Å². The van der Waals surface area contributed by atoms with E-state index in [4.69, 9.17) is 23.2 Å². The molecule has 0 saturated heterocycles. The van der Waals surface area contributed by atoms with Gasteiger partial charge in [0.15, 0.2) is 0 Å². The molecule has 0 N–H and O–H groups in total. The predicted molar refractivity (Wildman–Crippen MR) is 64.8 cm³/mol. The van der Waals surface area contributed by atoms with Crippen LogP contribution in [0.3, 0.4) is 0 Å². The molecule has 2 rings (SSSR count). The van der Waals surface area contributed by atoms with E-state index in [1.807, 2.05) is 6.07 Å². The normalized spacial score (nSPS) is 16.2. The minimum Gasteiger partial charge on any atom is -0.357 e. The summed E-state index contributed by atoms with van der Waals surface area (Å²) in [5, 5.41) is 0.649. The van der Waals surface area contributed by atoms with Crippen LogP contribution in [0.2, 0.25) is 5.02 Å². The lowest BCUT2D eigenvalue weighted by Gasteiger charge is -2.35. The Morgan fingerprint density at radius 1 is 1.53 bits per heavy atom. The third kappa shape index (κ3) is 2.21. The van der Waals surface area contributed by atoms with E-state index in [1.54, 1.807) is 6.20 Å². The number of rotatable bonds is 3. The molecule has 0 aromatic carbocycles. The largest absolute Gasteiger partial charge is 0.357 e. The number of alkyl halides is 1. The summed E-state index contributed by atoms with van der Waals surface area (Å²) in [6.45, 7) is 0. The first-order chi connectivity index (χ1) is 7.22. The van der Waals surface area contributed by atoms with E-state index in [0.717, 1.165) is 11.4 Å². The Labute approximate surface area is 100 Å². The summed E-state index contributed by atoms with van der Waals surface area (Å²) in [5.74, 6) is 1.41. The lowest BCUT2D eigenvalue weighted by atomic mass is 9.92. The van der Waals surface area contributed by atoms with Gasteiger partial charge < -0.3 is 4.90 Å². The van der Waals surface area contributed by atoms with Crippen molar-refractivity contribution in [1.29, 1.82) is 0 Å². The molecule has 1 heterocycles. The minimum absolute atomic E-state index is 0.437. The Kier molecular flexibility index (Phi) is 3.37. The number of hydrogen-bond acceptors (Lipinski definition) is 2. The zero-order valence-corrected chi connectivity index (χ0v) is 10.2. The lowest BCUT2D eigenvalue weighted by Crippen LogP contribution is -2.37. The van der Waals surface area contributed by atoms with Gasteiger partial charge in [0.2, 0.25) is 0 Å². The monoisotopic (exact) mass is 244 g/mol. The molecule has 1 aliphatic rings. The van der Waals surface area contributed by atoms with Gasteiger partial charge in [-0.3, -0.25) is 0 Å². The van der Waals surface area contributed by atoms with E-state index in [1.165, 1.54) is 19.3 Å². The highest BCUT2D eigenvalue weighted by Crippen LogP contribution is 2.29. The zero-order chi connectivity index (χ0) is 10.8. The van der Waals surface area contributed by atoms with Crippen LogP contribution in [-0.4, -0.2) is 18.1 Å². The SMILES string of the molecule is CN(c1cc(CCl)c(Cl)cn1)C1CCC1. The molecule has 82 valence electrons. The molecule has 1 aromatic rings. The summed E-state index contributed by atoms with van der Waals surface area (Å²) in [7, 11) is 2.08. The maximum Gasteiger partial charge on any atom is 0.128 e. The van der Waals surface area contributed by atoms with E-state index in [9.17, 15) is 0 Å². The van der Waals surface area contributed by atoms with Gasteiger partial charge in [-0.2, -0.15) is 0 Å². The van der Waals surface area contributed by atoms with Gasteiger partial charge in [0, 0.05) is 25.2 Å². The van der Waals surface area contributed by atoms with Gasteiger partial charge in [0.25, 0.3) is 0 Å². The summed E-state index contributed by atoms with van der Waals surface area (Å²) in [6, 6.07) is 2.62. The molecule has 1 aromatic heterocycles. The fourth-order valence-electron chi connectivity index (χ4n) is 1.72. The number of aromatic nitrogens is 1. The second-order valence-electron chi connectivity index (χ2n) is 3.96. The number of pyridine rings is 1. The fourth-order valence-corrected chi connectivity index (χ4v) is 2.18. The number of nitrogens with zero attached hydrogens (tertiary/aromatic N) is 2. The van der Waals surface area contributed by atoms with Gasteiger partial charge in [-0.05, 0) is 30.9 Å². The van der Waals surface area contributed by atoms with Crippen LogP contribution < -0.4 is 4.90 Å². The summed E-state index contributed by atoms with van der Waals surface area (Å²) in [4.78, 5) is 6.54. The smallest absolute Gasteiger partial charge is 0.128 e. The predicted octanol–water partition coefficient (Wildman–Crippen LogP) is 3.46. The molecule has 0 spiro atoms. The topological polar surface area (TPSA) is 16.1 Å². The fraction of sp³-hybridized carbons (Fsp3) is 0.545. The Bertz CT molecular complexity index is 350. The van der Waals surface area contributed by atoms with E-state index < -0.39 is 0 Å². The Morgan fingerprint density at radius 2 is 2.27 bits per heavy atom. The molecule has 0 unspecified atom stereocenters. The molecule has 0 bridgehead atoms. The van der Waals surface area contributed by atoms with Crippen molar-refractivity contribution in [2.24, 2.45) is 0 Å². The highest BCUT2D eigenvalue weighted by molar-refractivity contribution is 6.32. The average molecular weight is 245 g/mol. The standard InChI is InChI=1S/C11H14Cl2N2/c1-15(9-3-2-4-9)11-5-8(6-12)10(13)7-14-11/h5,7,9H,2-4,6H2,1H3. The van der Waals surface area contributed by atoms with Crippen LogP contribution in [0.4, 0.5) is 5.82 Å². The van der Waals surface area contributed by atoms with Crippen molar-refractivity contribution < 1.29 is 0 Å². The van der Waals surface area contributed by atoms with Crippen molar-refractivity contribution in [3.05, 3.63) is 22.8 Å². The first-order valence-electron chi connectivity index (χ1n) is 5.15. The van der Waals surface area contributed by atoms with Gasteiger partial charge in [-0.15, -0.1) is 11.6 Å². The van der Waals surface area contributed by atoms with E-state index >= 15 is 0 Å². The van der Waals surface area contributed by atoms with Crippen molar-refractivity contribution in [3.63, 3.8) is 0 Å². The molecule has 1 fully saturated rings. The van der Waals surface area contributed by atoms with Crippen molar-refractivity contribution >= 4 is 29.0 Å². The third-order valence-corrected chi connectivity index (χ3v) is 3.68. The molecule has 1 saturated carbocycles. The maximum absolute atomic E-state index is 5.96. The number of halogens is 2. The van der Waals surface area contributed by atoms with E-state index in [2.05, 4.69) is 16.9 Å². The first kappa shape index (κ1) is 11.0. The molecule has 2 nitrogen and oxygen atoms in total. The quantitative estimate of drug-likeness (QED) is 0.758. The maximum atomic E-state index is 5.96. The van der Waals surface area contributed by atoms with Crippen LogP contribution >= 0.6 is 23.2 Å². The third-order valence-electron chi connectivity index (χ3n) is 3.05. The highest BCUT2D eigenvalue weighted by atomic mass is 35.5. The lowest BCUT2D eigenvalue weighted by molar-refractivity contribution is 0.399. The summed E-state index contributed by atoms with van der Waals surface area (Å²) in [6.07, 6.45) is 5.53. The minimum atomic E-state index is 0.437. The Hall–Kier alpha value is -0.470. The Morgan fingerprint density at radius 3 is 2.80 bits per heavy atom. The van der Waals surface area contributed by atoms with Crippen molar-refractivity contribution in [3.8, 4) is 0 Å². The second kappa shape index (κ2) is 4.58. The molecular weight excluding hydrogens is 231 g/mol. The molecular formula is C11H14Cl2N2. The molecule has 0 aliphatic heterocycles. The van der Waals surface area contributed by atoms with Crippen LogP contribution in [0.5, 0.6) is 0 Å². The zero-order valence-electron chi connectivity index (χ0n) is 8.71. The van der Waals surface area contributed by atoms with Crippen molar-refractivity contribution in [2.45, 2.75) is 31.2 Å². The highest BCUT2D eigenvalue weighted by Gasteiger charge is 2.23.